The molecule has 0 amide bonds. The molecule has 0 aliphatic carbocycles. The highest BCUT2D eigenvalue weighted by Gasteiger charge is 2.08. The molecule has 0 fully saturated rings. The van der Waals surface area contributed by atoms with Crippen molar-refractivity contribution in [3.8, 4) is 5.75 Å². The minimum absolute atomic E-state index is 0.330. The Morgan fingerprint density at radius 3 is 2.55 bits per heavy atom. The maximum absolute atomic E-state index is 13.1. The predicted molar refractivity (Wildman–Crippen MR) is 86.3 cm³/mol. The third kappa shape index (κ3) is 3.26. The molecular weight excluding hydrogens is 343 g/mol. The van der Waals surface area contributed by atoms with E-state index in [9.17, 15) is 4.39 Å². The van der Waals surface area contributed by atoms with Gasteiger partial charge in [0.2, 0.25) is 0 Å². The molecule has 0 aliphatic heterocycles. The van der Waals surface area contributed by atoms with Gasteiger partial charge < -0.3 is 15.8 Å². The quantitative estimate of drug-likeness (QED) is 0.815. The summed E-state index contributed by atoms with van der Waals surface area (Å²) in [5.41, 5.74) is 7.81. The van der Waals surface area contributed by atoms with Crippen LogP contribution < -0.4 is 15.8 Å². The summed E-state index contributed by atoms with van der Waals surface area (Å²) in [7, 11) is 1.49. The van der Waals surface area contributed by atoms with Gasteiger partial charge in [-0.15, -0.1) is 0 Å². The third-order valence-electron chi connectivity index (χ3n) is 2.69. The van der Waals surface area contributed by atoms with E-state index in [1.807, 2.05) is 18.2 Å². The average Bonchev–Trinajstić information content (AvgIpc) is 2.42. The fraction of sp³-hybridized carbons (Fsp3) is 0.0714. The van der Waals surface area contributed by atoms with Gasteiger partial charge in [-0.25, -0.2) is 4.39 Å². The van der Waals surface area contributed by atoms with Gasteiger partial charge in [-0.2, -0.15) is 0 Å². The van der Waals surface area contributed by atoms with Crippen LogP contribution in [0.1, 0.15) is 5.56 Å². The zero-order valence-corrected chi connectivity index (χ0v) is 13.0. The molecule has 0 heterocycles. The molecule has 0 aromatic heterocycles. The summed E-state index contributed by atoms with van der Waals surface area (Å²) in [6.45, 7) is 0. The molecule has 2 aromatic carbocycles. The number of hydrogen-bond acceptors (Lipinski definition) is 3. The maximum Gasteiger partial charge on any atom is 0.145 e. The van der Waals surface area contributed by atoms with E-state index in [-0.39, 0.29) is 5.82 Å². The second kappa shape index (κ2) is 6.19. The molecule has 0 unspecified atom stereocenters. The molecule has 0 atom stereocenters. The van der Waals surface area contributed by atoms with E-state index in [1.165, 1.54) is 19.2 Å². The second-order valence-electron chi connectivity index (χ2n) is 4.03. The minimum atomic E-state index is -0.352. The van der Waals surface area contributed by atoms with E-state index in [4.69, 9.17) is 22.7 Å². The van der Waals surface area contributed by atoms with Gasteiger partial charge in [-0.3, -0.25) is 0 Å². The number of rotatable bonds is 4. The second-order valence-corrected chi connectivity index (χ2v) is 5.32. The Morgan fingerprint density at radius 2 is 1.95 bits per heavy atom. The lowest BCUT2D eigenvalue weighted by atomic mass is 10.2. The molecule has 0 radical (unpaired) electrons. The highest BCUT2D eigenvalue weighted by Crippen LogP contribution is 2.32. The van der Waals surface area contributed by atoms with E-state index >= 15 is 0 Å². The van der Waals surface area contributed by atoms with Gasteiger partial charge in [-0.05, 0) is 46.3 Å². The van der Waals surface area contributed by atoms with E-state index in [2.05, 4.69) is 21.2 Å². The monoisotopic (exact) mass is 354 g/mol. The number of nitrogens with two attached hydrogens (primary N) is 1. The number of methoxy groups -OCH3 is 1. The van der Waals surface area contributed by atoms with Crippen molar-refractivity contribution in [3.63, 3.8) is 0 Å². The summed E-state index contributed by atoms with van der Waals surface area (Å²) >= 11 is 8.36. The number of thiocarbonyl (C=S) groups is 1. The number of nitrogens with one attached hydrogen (secondary N) is 1. The number of anilines is 2. The zero-order chi connectivity index (χ0) is 14.7. The normalized spacial score (nSPS) is 10.2. The number of hydrogen-bond donors (Lipinski definition) is 2. The number of ether oxygens (including phenoxy) is 1. The summed E-state index contributed by atoms with van der Waals surface area (Å²) in [5.74, 6) is 0.0746. The molecular formula is C14H12BrFN2OS. The summed E-state index contributed by atoms with van der Waals surface area (Å²) in [6, 6.07) is 9.76. The lowest BCUT2D eigenvalue weighted by molar-refractivity contribution is 0.413. The molecule has 0 bridgehead atoms. The van der Waals surface area contributed by atoms with Crippen LogP contribution in [-0.4, -0.2) is 12.1 Å². The van der Waals surface area contributed by atoms with Crippen molar-refractivity contribution in [2.24, 2.45) is 5.73 Å². The predicted octanol–water partition coefficient (Wildman–Crippen LogP) is 3.97. The molecule has 3 nitrogen and oxygen atoms in total. The van der Waals surface area contributed by atoms with Crippen molar-refractivity contribution in [3.05, 3.63) is 52.3 Å². The van der Waals surface area contributed by atoms with Gasteiger partial charge in [0, 0.05) is 16.1 Å². The molecule has 2 aromatic rings. The Balaban J connectivity index is 2.33. The maximum atomic E-state index is 13.1. The molecule has 104 valence electrons. The number of halogens is 2. The van der Waals surface area contributed by atoms with Crippen molar-refractivity contribution in [1.82, 2.24) is 0 Å². The highest BCUT2D eigenvalue weighted by molar-refractivity contribution is 9.10. The Kier molecular flexibility index (Phi) is 4.57. The Labute approximate surface area is 130 Å². The minimum Gasteiger partial charge on any atom is -0.494 e. The van der Waals surface area contributed by atoms with Crippen LogP contribution in [0.5, 0.6) is 5.75 Å². The van der Waals surface area contributed by atoms with Crippen molar-refractivity contribution < 1.29 is 9.13 Å². The Hall–Kier alpha value is -1.66. The van der Waals surface area contributed by atoms with E-state index < -0.39 is 0 Å². The molecule has 20 heavy (non-hydrogen) atoms. The van der Waals surface area contributed by atoms with E-state index in [1.54, 1.807) is 6.07 Å². The first-order chi connectivity index (χ1) is 9.51. The van der Waals surface area contributed by atoms with Crippen molar-refractivity contribution in [2.45, 2.75) is 0 Å². The Morgan fingerprint density at radius 1 is 1.25 bits per heavy atom. The summed E-state index contributed by atoms with van der Waals surface area (Å²) in [5, 5.41) is 3.16. The first kappa shape index (κ1) is 14.7. The lowest BCUT2D eigenvalue weighted by Gasteiger charge is -2.13. The molecule has 3 N–H and O–H groups in total. The van der Waals surface area contributed by atoms with Crippen molar-refractivity contribution in [2.75, 3.05) is 12.4 Å². The topological polar surface area (TPSA) is 47.3 Å². The fourth-order valence-corrected chi connectivity index (χ4v) is 2.29. The van der Waals surface area contributed by atoms with Gasteiger partial charge in [0.25, 0.3) is 0 Å². The SMILES string of the molecule is COc1cc(F)ccc1Nc1ccc(C(N)=S)cc1Br. The van der Waals surface area contributed by atoms with Gasteiger partial charge in [0.15, 0.2) is 0 Å². The van der Waals surface area contributed by atoms with Gasteiger partial charge in [-0.1, -0.05) is 12.2 Å². The largest absolute Gasteiger partial charge is 0.494 e. The van der Waals surface area contributed by atoms with Crippen molar-refractivity contribution in [1.29, 1.82) is 0 Å². The van der Waals surface area contributed by atoms with E-state index in [0.29, 0.717) is 16.4 Å². The molecule has 0 saturated heterocycles. The molecule has 0 aliphatic rings. The Bertz CT molecular complexity index is 664. The van der Waals surface area contributed by atoms with Crippen LogP contribution in [-0.2, 0) is 0 Å². The first-order valence-electron chi connectivity index (χ1n) is 5.71. The van der Waals surface area contributed by atoms with Crippen LogP contribution in [0.4, 0.5) is 15.8 Å². The summed E-state index contributed by atoms with van der Waals surface area (Å²) in [4.78, 5) is 0.330. The summed E-state index contributed by atoms with van der Waals surface area (Å²) in [6.07, 6.45) is 0. The molecule has 2 rings (SSSR count). The van der Waals surface area contributed by atoms with Crippen LogP contribution >= 0.6 is 28.1 Å². The zero-order valence-electron chi connectivity index (χ0n) is 10.6. The van der Waals surface area contributed by atoms with Crippen LogP contribution in [0.15, 0.2) is 40.9 Å². The van der Waals surface area contributed by atoms with Crippen molar-refractivity contribution >= 4 is 44.5 Å². The van der Waals surface area contributed by atoms with Gasteiger partial charge in [0.1, 0.15) is 16.6 Å². The smallest absolute Gasteiger partial charge is 0.145 e. The lowest BCUT2D eigenvalue weighted by Crippen LogP contribution is -2.09. The van der Waals surface area contributed by atoms with Gasteiger partial charge >= 0.3 is 0 Å². The standard InChI is InChI=1S/C14H12BrFN2OS/c1-19-13-7-9(16)3-5-12(13)18-11-4-2-8(14(17)20)6-10(11)15/h2-7,18H,1H3,(H2,17,20). The number of benzene rings is 2. The van der Waals surface area contributed by atoms with Crippen LogP contribution in [0.25, 0.3) is 0 Å². The summed E-state index contributed by atoms with van der Waals surface area (Å²) < 4.78 is 19.1. The first-order valence-corrected chi connectivity index (χ1v) is 6.91. The third-order valence-corrected chi connectivity index (χ3v) is 3.58. The van der Waals surface area contributed by atoms with Crippen LogP contribution in [0.3, 0.4) is 0 Å². The highest BCUT2D eigenvalue weighted by atomic mass is 79.9. The average molecular weight is 355 g/mol. The molecule has 0 saturated carbocycles. The van der Waals surface area contributed by atoms with E-state index in [0.717, 1.165) is 15.7 Å². The van der Waals surface area contributed by atoms with Gasteiger partial charge in [0.05, 0.1) is 18.5 Å². The fourth-order valence-electron chi connectivity index (χ4n) is 1.68. The molecule has 6 heteroatoms. The molecule has 0 spiro atoms. The van der Waals surface area contributed by atoms with Crippen LogP contribution in [0.2, 0.25) is 0 Å². The van der Waals surface area contributed by atoms with Crippen LogP contribution in [0, 0.1) is 5.82 Å².